The van der Waals surface area contributed by atoms with E-state index in [0.717, 1.165) is 24.5 Å². The first kappa shape index (κ1) is 18.4. The molecule has 1 N–H and O–H groups in total. The maximum absolute atomic E-state index is 6.01. The zero-order chi connectivity index (χ0) is 18.4. The van der Waals surface area contributed by atoms with Gasteiger partial charge in [-0.25, -0.2) is 0 Å². The van der Waals surface area contributed by atoms with Crippen LogP contribution >= 0.6 is 22.9 Å². The van der Waals surface area contributed by atoms with E-state index in [1.165, 1.54) is 4.88 Å². The highest BCUT2D eigenvalue weighted by molar-refractivity contribution is 7.09. The Labute approximate surface area is 161 Å². The minimum atomic E-state index is 0.406. The molecular weight excluding hydrogens is 370 g/mol. The fraction of sp³-hybridized carbons (Fsp3) is 0.278. The number of halogens is 1. The van der Waals surface area contributed by atoms with Crippen molar-refractivity contribution in [2.45, 2.75) is 13.0 Å². The standard InChI is InChI=1S/C18H20ClN5OS/c1-20-18(24(2)9-8-15-7-4-10-26-15)21-12-16-22-17(23-25-16)13-5-3-6-14(19)11-13/h3-7,10-11H,8-9,12H2,1-2H3,(H,20,21). The van der Waals surface area contributed by atoms with Crippen molar-refractivity contribution < 1.29 is 4.52 Å². The predicted octanol–water partition coefficient (Wildman–Crippen LogP) is 3.70. The molecule has 8 heteroatoms. The molecule has 0 radical (unpaired) electrons. The van der Waals surface area contributed by atoms with Crippen LogP contribution in [0.2, 0.25) is 5.02 Å². The van der Waals surface area contributed by atoms with Gasteiger partial charge in [-0.3, -0.25) is 4.99 Å². The van der Waals surface area contributed by atoms with Crippen molar-refractivity contribution in [3.63, 3.8) is 0 Å². The number of guanidine groups is 1. The van der Waals surface area contributed by atoms with Crippen LogP contribution in [-0.2, 0) is 13.0 Å². The van der Waals surface area contributed by atoms with Crippen molar-refractivity contribution in [3.8, 4) is 11.4 Å². The summed E-state index contributed by atoms with van der Waals surface area (Å²) in [6.45, 7) is 1.28. The van der Waals surface area contributed by atoms with Gasteiger partial charge in [0.15, 0.2) is 5.96 Å². The highest BCUT2D eigenvalue weighted by Gasteiger charge is 2.11. The molecule has 3 rings (SSSR count). The van der Waals surface area contributed by atoms with Gasteiger partial charge < -0.3 is 14.7 Å². The van der Waals surface area contributed by atoms with Crippen molar-refractivity contribution >= 4 is 28.9 Å². The van der Waals surface area contributed by atoms with E-state index in [-0.39, 0.29) is 0 Å². The number of rotatable bonds is 6. The summed E-state index contributed by atoms with van der Waals surface area (Å²) in [5.41, 5.74) is 0.824. The Kier molecular flexibility index (Phi) is 6.25. The SMILES string of the molecule is CN=C(NCc1nc(-c2cccc(Cl)c2)no1)N(C)CCc1cccs1. The van der Waals surface area contributed by atoms with Gasteiger partial charge in [0, 0.05) is 36.1 Å². The summed E-state index contributed by atoms with van der Waals surface area (Å²) in [4.78, 5) is 12.1. The monoisotopic (exact) mass is 389 g/mol. The fourth-order valence-electron chi connectivity index (χ4n) is 2.45. The normalized spacial score (nSPS) is 11.6. The predicted molar refractivity (Wildman–Crippen MR) is 106 cm³/mol. The maximum Gasteiger partial charge on any atom is 0.246 e. The largest absolute Gasteiger partial charge is 0.347 e. The van der Waals surface area contributed by atoms with Crippen molar-refractivity contribution in [3.05, 3.63) is 57.6 Å². The highest BCUT2D eigenvalue weighted by Crippen LogP contribution is 2.19. The molecule has 6 nitrogen and oxygen atoms in total. The molecule has 26 heavy (non-hydrogen) atoms. The lowest BCUT2D eigenvalue weighted by Crippen LogP contribution is -2.39. The third kappa shape index (κ3) is 4.83. The number of thiophene rings is 1. The molecule has 0 atom stereocenters. The number of aliphatic imine (C=N–C) groups is 1. The molecule has 0 saturated carbocycles. The van der Waals surface area contributed by atoms with Gasteiger partial charge in [0.2, 0.25) is 11.7 Å². The third-order valence-electron chi connectivity index (χ3n) is 3.80. The number of hydrogen-bond donors (Lipinski definition) is 1. The molecule has 136 valence electrons. The van der Waals surface area contributed by atoms with E-state index in [1.807, 2.05) is 25.2 Å². The first-order valence-electron chi connectivity index (χ1n) is 8.18. The smallest absolute Gasteiger partial charge is 0.246 e. The fourth-order valence-corrected chi connectivity index (χ4v) is 3.34. The number of nitrogens with one attached hydrogen (secondary N) is 1. The van der Waals surface area contributed by atoms with Crippen LogP contribution in [0.3, 0.4) is 0 Å². The quantitative estimate of drug-likeness (QED) is 0.514. The molecule has 2 heterocycles. The van der Waals surface area contributed by atoms with Gasteiger partial charge >= 0.3 is 0 Å². The first-order valence-corrected chi connectivity index (χ1v) is 9.44. The van der Waals surface area contributed by atoms with Crippen molar-refractivity contribution in [2.75, 3.05) is 20.6 Å². The average molecular weight is 390 g/mol. The summed E-state index contributed by atoms with van der Waals surface area (Å²) in [5, 5.41) is 9.99. The molecule has 0 aliphatic carbocycles. The van der Waals surface area contributed by atoms with Crippen molar-refractivity contribution in [2.24, 2.45) is 4.99 Å². The van der Waals surface area contributed by atoms with Crippen molar-refractivity contribution in [1.29, 1.82) is 0 Å². The summed E-state index contributed by atoms with van der Waals surface area (Å²) in [7, 11) is 3.77. The number of nitrogens with zero attached hydrogens (tertiary/aromatic N) is 4. The Balaban J connectivity index is 1.55. The zero-order valence-electron chi connectivity index (χ0n) is 14.6. The second-order valence-corrected chi connectivity index (χ2v) is 7.14. The molecule has 0 bridgehead atoms. The molecule has 3 aromatic rings. The van der Waals surface area contributed by atoms with Crippen LogP contribution in [0.15, 0.2) is 51.3 Å². The topological polar surface area (TPSA) is 66.5 Å². The Morgan fingerprint density at radius 1 is 1.35 bits per heavy atom. The molecule has 0 saturated heterocycles. The van der Waals surface area contributed by atoms with Gasteiger partial charge in [-0.15, -0.1) is 11.3 Å². The summed E-state index contributed by atoms with van der Waals surface area (Å²) in [5.74, 6) is 1.79. The van der Waals surface area contributed by atoms with E-state index in [9.17, 15) is 0 Å². The highest BCUT2D eigenvalue weighted by atomic mass is 35.5. The second-order valence-electron chi connectivity index (χ2n) is 5.67. The van der Waals surface area contributed by atoms with E-state index in [4.69, 9.17) is 16.1 Å². The summed E-state index contributed by atoms with van der Waals surface area (Å²) in [6.07, 6.45) is 0.980. The molecule has 0 amide bonds. The Hall–Kier alpha value is -2.38. The van der Waals surface area contributed by atoms with Crippen molar-refractivity contribution in [1.82, 2.24) is 20.4 Å². The second kappa shape index (κ2) is 8.82. The molecule has 1 aromatic carbocycles. The lowest BCUT2D eigenvalue weighted by Gasteiger charge is -2.21. The Morgan fingerprint density at radius 3 is 2.96 bits per heavy atom. The lowest BCUT2D eigenvalue weighted by atomic mass is 10.2. The van der Waals surface area contributed by atoms with E-state index >= 15 is 0 Å². The van der Waals surface area contributed by atoms with E-state index in [2.05, 4.69) is 42.9 Å². The number of likely N-dealkylation sites (N-methyl/N-ethyl adjacent to an activating group) is 1. The molecule has 0 aliphatic rings. The van der Waals surface area contributed by atoms with Gasteiger partial charge in [-0.2, -0.15) is 4.98 Å². The van der Waals surface area contributed by atoms with Gasteiger partial charge in [0.05, 0.1) is 6.54 Å². The maximum atomic E-state index is 6.01. The molecular formula is C18H20ClN5OS. The first-order chi connectivity index (χ1) is 12.7. The van der Waals surface area contributed by atoms with E-state index in [0.29, 0.717) is 23.3 Å². The van der Waals surface area contributed by atoms with Crippen LogP contribution in [0, 0.1) is 0 Å². The molecule has 0 aliphatic heterocycles. The lowest BCUT2D eigenvalue weighted by molar-refractivity contribution is 0.372. The summed E-state index contributed by atoms with van der Waals surface area (Å²) in [6, 6.07) is 11.6. The third-order valence-corrected chi connectivity index (χ3v) is 4.97. The minimum absolute atomic E-state index is 0.406. The van der Waals surface area contributed by atoms with E-state index < -0.39 is 0 Å². The van der Waals surface area contributed by atoms with Gasteiger partial charge in [-0.1, -0.05) is 35.0 Å². The average Bonchev–Trinajstić information content (AvgIpc) is 3.32. The zero-order valence-corrected chi connectivity index (χ0v) is 16.2. The number of benzene rings is 1. The van der Waals surface area contributed by atoms with Crippen LogP contribution in [-0.4, -0.2) is 41.6 Å². The molecule has 0 unspecified atom stereocenters. The Morgan fingerprint density at radius 2 is 2.23 bits per heavy atom. The van der Waals surface area contributed by atoms with Crippen LogP contribution in [0.4, 0.5) is 0 Å². The van der Waals surface area contributed by atoms with Gasteiger partial charge in [0.1, 0.15) is 0 Å². The van der Waals surface area contributed by atoms with Crippen LogP contribution in [0.1, 0.15) is 10.8 Å². The Bertz CT molecular complexity index is 862. The minimum Gasteiger partial charge on any atom is -0.347 e. The van der Waals surface area contributed by atoms with Crippen LogP contribution in [0.25, 0.3) is 11.4 Å². The molecule has 0 spiro atoms. The summed E-state index contributed by atoms with van der Waals surface area (Å²) >= 11 is 7.77. The van der Waals surface area contributed by atoms with Crippen LogP contribution < -0.4 is 5.32 Å². The number of aromatic nitrogens is 2. The van der Waals surface area contributed by atoms with Crippen LogP contribution in [0.5, 0.6) is 0 Å². The van der Waals surface area contributed by atoms with Gasteiger partial charge in [0.25, 0.3) is 0 Å². The molecule has 2 aromatic heterocycles. The molecule has 0 fully saturated rings. The van der Waals surface area contributed by atoms with E-state index in [1.54, 1.807) is 24.5 Å². The van der Waals surface area contributed by atoms with Gasteiger partial charge in [-0.05, 0) is 30.0 Å². The number of hydrogen-bond acceptors (Lipinski definition) is 5. The summed E-state index contributed by atoms with van der Waals surface area (Å²) < 4.78 is 5.31.